The lowest BCUT2D eigenvalue weighted by Crippen LogP contribution is -2.50. The van der Waals surface area contributed by atoms with Crippen molar-refractivity contribution in [2.45, 2.75) is 31.3 Å². The molecular weight excluding hydrogens is 378 g/mol. The highest BCUT2D eigenvalue weighted by molar-refractivity contribution is 7.12. The Labute approximate surface area is 167 Å². The van der Waals surface area contributed by atoms with Gasteiger partial charge < -0.3 is 5.32 Å². The van der Waals surface area contributed by atoms with Crippen molar-refractivity contribution in [2.24, 2.45) is 0 Å². The third-order valence-corrected chi connectivity index (χ3v) is 5.23. The maximum atomic E-state index is 12.2. The van der Waals surface area contributed by atoms with Crippen LogP contribution in [-0.4, -0.2) is 30.3 Å². The van der Waals surface area contributed by atoms with Crippen LogP contribution in [-0.2, 0) is 9.59 Å². The molecule has 1 fully saturated rings. The minimum atomic E-state index is -0.435. The van der Waals surface area contributed by atoms with Crippen molar-refractivity contribution in [1.29, 1.82) is 0 Å². The Hall–Kier alpha value is -2.75. The minimum Gasteiger partial charge on any atom is -0.351 e. The summed E-state index contributed by atoms with van der Waals surface area (Å²) in [6.45, 7) is 0.394. The van der Waals surface area contributed by atoms with Crippen molar-refractivity contribution in [3.63, 3.8) is 0 Å². The molecule has 3 rings (SSSR count). The minimum absolute atomic E-state index is 0.0413. The molecule has 1 aliphatic rings. The van der Waals surface area contributed by atoms with E-state index in [0.717, 1.165) is 5.56 Å². The predicted molar refractivity (Wildman–Crippen MR) is 106 cm³/mol. The Morgan fingerprint density at radius 3 is 2.61 bits per heavy atom. The number of amides is 3. The highest BCUT2D eigenvalue weighted by atomic mass is 32.1. The van der Waals surface area contributed by atoms with E-state index in [-0.39, 0.29) is 30.2 Å². The second-order valence-electron chi connectivity index (χ2n) is 6.41. The second kappa shape index (κ2) is 9.98. The molecule has 8 nitrogen and oxygen atoms in total. The summed E-state index contributed by atoms with van der Waals surface area (Å²) in [4.78, 5) is 36.5. The van der Waals surface area contributed by atoms with E-state index < -0.39 is 6.04 Å². The molecule has 28 heavy (non-hydrogen) atoms. The zero-order valence-electron chi connectivity index (χ0n) is 15.2. The highest BCUT2D eigenvalue weighted by Gasteiger charge is 2.30. The summed E-state index contributed by atoms with van der Waals surface area (Å²) in [7, 11) is 0. The van der Waals surface area contributed by atoms with Gasteiger partial charge in [-0.3, -0.25) is 25.2 Å². The van der Waals surface area contributed by atoms with E-state index in [1.165, 1.54) is 11.3 Å². The molecule has 1 saturated heterocycles. The molecule has 148 valence electrons. The van der Waals surface area contributed by atoms with Crippen molar-refractivity contribution in [1.82, 2.24) is 27.0 Å². The molecule has 2 atom stereocenters. The van der Waals surface area contributed by atoms with Crippen LogP contribution in [0.3, 0.4) is 0 Å². The highest BCUT2D eigenvalue weighted by Crippen LogP contribution is 2.21. The molecule has 2 unspecified atom stereocenters. The van der Waals surface area contributed by atoms with E-state index in [0.29, 0.717) is 24.3 Å². The number of nitrogens with one attached hydrogen (secondary N) is 5. The average Bonchev–Trinajstić information content (AvgIpc) is 3.42. The molecule has 2 heterocycles. The van der Waals surface area contributed by atoms with Gasteiger partial charge in [0.1, 0.15) is 6.04 Å². The maximum Gasteiger partial charge on any atom is 0.261 e. The van der Waals surface area contributed by atoms with Crippen molar-refractivity contribution in [3.8, 4) is 0 Å². The third kappa shape index (κ3) is 5.62. The predicted octanol–water partition coefficient (Wildman–Crippen LogP) is 1.01. The molecule has 0 bridgehead atoms. The first kappa shape index (κ1) is 20.0. The Kier molecular flexibility index (Phi) is 7.12. The van der Waals surface area contributed by atoms with Gasteiger partial charge in [0.2, 0.25) is 5.91 Å². The van der Waals surface area contributed by atoms with E-state index in [4.69, 9.17) is 0 Å². The van der Waals surface area contributed by atoms with Gasteiger partial charge >= 0.3 is 0 Å². The maximum absolute atomic E-state index is 12.2. The molecule has 1 aromatic carbocycles. The van der Waals surface area contributed by atoms with Crippen LogP contribution in [0.15, 0.2) is 47.8 Å². The fraction of sp³-hybridized carbons (Fsp3) is 0.316. The van der Waals surface area contributed by atoms with Gasteiger partial charge in [-0.15, -0.1) is 11.3 Å². The Morgan fingerprint density at radius 2 is 1.86 bits per heavy atom. The summed E-state index contributed by atoms with van der Waals surface area (Å²) < 4.78 is 0. The van der Waals surface area contributed by atoms with Crippen LogP contribution in [0.25, 0.3) is 0 Å². The fourth-order valence-corrected chi connectivity index (χ4v) is 3.50. The first-order valence-electron chi connectivity index (χ1n) is 9.10. The number of carbonyl (C=O) groups excluding carboxylic acids is 3. The molecule has 1 aromatic heterocycles. The van der Waals surface area contributed by atoms with Crippen LogP contribution < -0.4 is 27.0 Å². The number of hydrogen-bond acceptors (Lipinski definition) is 6. The van der Waals surface area contributed by atoms with Crippen molar-refractivity contribution < 1.29 is 14.4 Å². The Morgan fingerprint density at radius 1 is 1.04 bits per heavy atom. The second-order valence-corrected chi connectivity index (χ2v) is 7.36. The van der Waals surface area contributed by atoms with Gasteiger partial charge in [0.05, 0.1) is 4.88 Å². The Balaban J connectivity index is 1.30. The number of carbonyl (C=O) groups is 3. The molecule has 1 aliphatic heterocycles. The smallest absolute Gasteiger partial charge is 0.261 e. The summed E-state index contributed by atoms with van der Waals surface area (Å²) in [5.74, 6) is -0.744. The molecular formula is C19H23N5O3S. The van der Waals surface area contributed by atoms with Crippen molar-refractivity contribution in [3.05, 3.63) is 58.3 Å². The third-order valence-electron chi connectivity index (χ3n) is 4.36. The molecule has 3 amide bonds. The molecule has 9 heteroatoms. The Bertz CT molecular complexity index is 797. The van der Waals surface area contributed by atoms with E-state index >= 15 is 0 Å². The van der Waals surface area contributed by atoms with Crippen molar-refractivity contribution >= 4 is 29.1 Å². The van der Waals surface area contributed by atoms with Crippen LogP contribution in [0.2, 0.25) is 0 Å². The van der Waals surface area contributed by atoms with E-state index in [1.807, 2.05) is 41.8 Å². The number of hydrogen-bond donors (Lipinski definition) is 5. The summed E-state index contributed by atoms with van der Waals surface area (Å²) in [5, 5.41) is 4.59. The monoisotopic (exact) mass is 401 g/mol. The fourth-order valence-electron chi connectivity index (χ4n) is 2.86. The van der Waals surface area contributed by atoms with Gasteiger partial charge in [-0.05, 0) is 29.9 Å². The topological polar surface area (TPSA) is 111 Å². The van der Waals surface area contributed by atoms with Crippen LogP contribution >= 0.6 is 11.3 Å². The van der Waals surface area contributed by atoms with Gasteiger partial charge in [-0.1, -0.05) is 36.4 Å². The largest absolute Gasteiger partial charge is 0.351 e. The lowest BCUT2D eigenvalue weighted by atomic mass is 10.0. The molecule has 0 radical (unpaired) electrons. The lowest BCUT2D eigenvalue weighted by Gasteiger charge is -2.12. The zero-order valence-corrected chi connectivity index (χ0v) is 16.1. The van der Waals surface area contributed by atoms with Crippen molar-refractivity contribution in [2.75, 3.05) is 6.54 Å². The summed E-state index contributed by atoms with van der Waals surface area (Å²) in [5.41, 5.74) is 12.0. The normalized spacial score (nSPS) is 18.4. The summed E-state index contributed by atoms with van der Waals surface area (Å²) >= 11 is 1.37. The van der Waals surface area contributed by atoms with Gasteiger partial charge in [-0.25, -0.2) is 10.9 Å². The number of rotatable bonds is 7. The molecule has 0 aliphatic carbocycles. The number of thiophene rings is 1. The zero-order chi connectivity index (χ0) is 19.8. The van der Waals surface area contributed by atoms with Crippen LogP contribution in [0.4, 0.5) is 0 Å². The molecule has 2 aromatic rings. The number of hydrazine groups is 2. The van der Waals surface area contributed by atoms with Gasteiger partial charge in [0.15, 0.2) is 0 Å². The lowest BCUT2D eigenvalue weighted by molar-refractivity contribution is -0.129. The van der Waals surface area contributed by atoms with E-state index in [9.17, 15) is 14.4 Å². The SMILES string of the molecule is O=C(CCCNC(=O)c1cccs1)NNC(=O)C1CC(c2ccccc2)NN1. The molecule has 0 saturated carbocycles. The van der Waals surface area contributed by atoms with Gasteiger partial charge in [0, 0.05) is 19.0 Å². The quantitative estimate of drug-likeness (QED) is 0.351. The summed E-state index contributed by atoms with van der Waals surface area (Å²) in [6, 6.07) is 13.0. The van der Waals surface area contributed by atoms with E-state index in [1.54, 1.807) is 6.07 Å². The summed E-state index contributed by atoms with van der Waals surface area (Å²) in [6.07, 6.45) is 1.27. The first-order chi connectivity index (χ1) is 13.6. The van der Waals surface area contributed by atoms with Gasteiger partial charge in [-0.2, -0.15) is 0 Å². The standard InChI is InChI=1S/C19H23N5O3S/c25-17(9-4-10-20-19(27)16-8-5-11-28-16)23-24-18(26)15-12-14(21-22-15)13-6-2-1-3-7-13/h1-3,5-8,11,14-15,21-22H,4,9-10,12H2,(H,20,27)(H,23,25)(H,24,26). The first-order valence-corrected chi connectivity index (χ1v) is 9.98. The van der Waals surface area contributed by atoms with Crippen LogP contribution in [0.5, 0.6) is 0 Å². The molecule has 5 N–H and O–H groups in total. The van der Waals surface area contributed by atoms with Crippen LogP contribution in [0.1, 0.15) is 40.5 Å². The van der Waals surface area contributed by atoms with E-state index in [2.05, 4.69) is 27.0 Å². The average molecular weight is 401 g/mol. The van der Waals surface area contributed by atoms with Gasteiger partial charge in [0.25, 0.3) is 11.8 Å². The number of benzene rings is 1. The molecule has 0 spiro atoms. The van der Waals surface area contributed by atoms with Crippen LogP contribution in [0, 0.1) is 0 Å².